The SMILES string of the molecule is C#N.C#N.C#N.C#N.C#N.C#N.O.O.O.[Fe].[KH].[KH].[KH]. The summed E-state index contributed by atoms with van der Waals surface area (Å²) in [5.74, 6) is 0. The Morgan fingerprint density at radius 3 is 0.316 bits per heavy atom. The van der Waals surface area contributed by atoms with Crippen LogP contribution >= 0.6 is 0 Å². The van der Waals surface area contributed by atoms with Crippen LogP contribution in [0.15, 0.2) is 0 Å². The van der Waals surface area contributed by atoms with E-state index in [1.54, 1.807) is 0 Å². The average molecular weight is 392 g/mol. The molecule has 0 saturated carbocycles. The molecule has 0 unspecified atom stereocenters. The van der Waals surface area contributed by atoms with Crippen molar-refractivity contribution >= 4 is 154 Å². The van der Waals surface area contributed by atoms with Crippen molar-refractivity contribution in [3.63, 3.8) is 0 Å². The standard InChI is InChI=1S/6CHN.Fe.3K.3H2O.3H/c6*1-2;;;;;;;;;;/h6*1H;;;;;3*1H2;;;. The van der Waals surface area contributed by atoms with E-state index in [1.165, 1.54) is 0 Å². The Balaban J connectivity index is -0.00000000193. The van der Waals surface area contributed by atoms with Gasteiger partial charge in [-0.3, -0.25) is 0 Å². The first-order chi connectivity index (χ1) is 6.00. The first kappa shape index (κ1) is 128. The van der Waals surface area contributed by atoms with Gasteiger partial charge in [0.15, 0.2) is 0 Å². The molecule has 0 aromatic rings. The Labute approximate surface area is 252 Å². The summed E-state index contributed by atoms with van der Waals surface area (Å²) in [6.07, 6.45) is 0. The van der Waals surface area contributed by atoms with Crippen molar-refractivity contribution in [2.24, 2.45) is 0 Å². The van der Waals surface area contributed by atoms with Gasteiger partial charge < -0.3 is 16.4 Å². The zero-order valence-corrected chi connectivity index (χ0v) is 9.11. The number of rotatable bonds is 0. The number of hydrogen-bond donors (Lipinski definition) is 0. The van der Waals surface area contributed by atoms with E-state index in [2.05, 4.69) is 39.4 Å². The van der Waals surface area contributed by atoms with Crippen LogP contribution < -0.4 is 0 Å². The van der Waals surface area contributed by atoms with Crippen LogP contribution in [0.5, 0.6) is 0 Å². The van der Waals surface area contributed by atoms with Crippen LogP contribution in [0.25, 0.3) is 0 Å². The molecule has 0 bridgehead atoms. The van der Waals surface area contributed by atoms with Crippen molar-refractivity contribution in [3.8, 4) is 39.4 Å². The first-order valence-corrected chi connectivity index (χ1v) is 1.55. The van der Waals surface area contributed by atoms with E-state index in [1.807, 2.05) is 0 Å². The topological polar surface area (TPSA) is 237 Å². The second kappa shape index (κ2) is 1480. The van der Waals surface area contributed by atoms with Gasteiger partial charge in [-0.1, -0.05) is 0 Å². The molecule has 0 spiro atoms. The molecule has 0 rings (SSSR count). The summed E-state index contributed by atoms with van der Waals surface area (Å²) in [4.78, 5) is 0. The molecule has 9 nitrogen and oxygen atoms in total. The van der Waals surface area contributed by atoms with Crippen molar-refractivity contribution < 1.29 is 33.5 Å². The number of nitrogens with zero attached hydrogens (tertiary/aromatic N) is 6. The van der Waals surface area contributed by atoms with Gasteiger partial charge in [-0.2, -0.15) is 0 Å². The summed E-state index contributed by atoms with van der Waals surface area (Å²) in [6, 6.07) is 0. The van der Waals surface area contributed by atoms with Crippen LogP contribution in [0.4, 0.5) is 0 Å². The summed E-state index contributed by atoms with van der Waals surface area (Å²) in [7, 11) is 0. The molecule has 0 atom stereocenters. The molecule has 0 aliphatic carbocycles. The number of hydrogen-bond acceptors (Lipinski definition) is 6. The van der Waals surface area contributed by atoms with Crippen LogP contribution in [0, 0.1) is 71.0 Å². The molecule has 98 valence electrons. The zero-order chi connectivity index (χ0) is 12.0. The van der Waals surface area contributed by atoms with Crippen LogP contribution in [-0.2, 0) is 17.1 Å². The second-order valence-electron chi connectivity index (χ2n) is 0. The molecule has 0 heterocycles. The van der Waals surface area contributed by atoms with Gasteiger partial charge in [-0.25, -0.2) is 31.6 Å². The van der Waals surface area contributed by atoms with Gasteiger partial charge in [-0.15, -0.1) is 0 Å². The van der Waals surface area contributed by atoms with Gasteiger partial charge in [0.2, 0.25) is 0 Å². The average Bonchev–Trinajstić information content (AvgIpc) is 2.33. The molecule has 0 aliphatic heterocycles. The van der Waals surface area contributed by atoms with E-state index in [4.69, 9.17) is 31.6 Å². The first-order valence-electron chi connectivity index (χ1n) is 1.55. The van der Waals surface area contributed by atoms with Gasteiger partial charge in [0.1, 0.15) is 0 Å². The Morgan fingerprint density at radius 2 is 0.316 bits per heavy atom. The Kier molecular flexibility index (Phi) is 10000. The Morgan fingerprint density at radius 1 is 0.316 bits per heavy atom. The molecule has 0 amide bonds. The molecule has 0 aliphatic rings. The molecule has 0 fully saturated rings. The molecular formula is C6H15FeK3N6O3. The third-order valence-corrected chi connectivity index (χ3v) is 0. The van der Waals surface area contributed by atoms with E-state index < -0.39 is 0 Å². The van der Waals surface area contributed by atoms with Gasteiger partial charge in [0.05, 0.1) is 0 Å². The van der Waals surface area contributed by atoms with Crippen molar-refractivity contribution in [1.82, 2.24) is 0 Å². The molecule has 0 radical (unpaired) electrons. The predicted octanol–water partition coefficient (Wildman–Crippen LogP) is -3.58. The quantitative estimate of drug-likeness (QED) is 0.377. The summed E-state index contributed by atoms with van der Waals surface area (Å²) in [6.45, 7) is 21.0. The van der Waals surface area contributed by atoms with Crippen LogP contribution in [-0.4, -0.2) is 171 Å². The molecule has 0 aromatic heterocycles. The van der Waals surface area contributed by atoms with E-state index >= 15 is 0 Å². The predicted molar refractivity (Wildman–Crippen MR) is 72.3 cm³/mol. The van der Waals surface area contributed by atoms with E-state index in [-0.39, 0.29) is 188 Å². The fourth-order valence-electron chi connectivity index (χ4n) is 0. The fraction of sp³-hybridized carbons (Fsp3) is 0. The van der Waals surface area contributed by atoms with Crippen LogP contribution in [0.2, 0.25) is 0 Å². The van der Waals surface area contributed by atoms with Gasteiger partial charge in [0, 0.05) is 56.5 Å². The van der Waals surface area contributed by atoms with Crippen molar-refractivity contribution in [2.45, 2.75) is 0 Å². The van der Waals surface area contributed by atoms with E-state index in [0.29, 0.717) is 0 Å². The van der Waals surface area contributed by atoms with Crippen molar-refractivity contribution in [3.05, 3.63) is 0 Å². The Hall–Kier alpha value is 2.25. The monoisotopic (exact) mass is 392 g/mol. The normalized spacial score (nSPS) is 0.632. The summed E-state index contributed by atoms with van der Waals surface area (Å²) in [5.41, 5.74) is 0. The molecule has 6 N–H and O–H groups in total. The molecule has 0 saturated heterocycles. The van der Waals surface area contributed by atoms with Crippen LogP contribution in [0.3, 0.4) is 0 Å². The molecule has 0 aromatic carbocycles. The molecular weight excluding hydrogens is 377 g/mol. The Bertz CT molecular complexity index is 115. The van der Waals surface area contributed by atoms with Crippen molar-refractivity contribution in [2.75, 3.05) is 0 Å². The minimum atomic E-state index is 0. The molecule has 13 heteroatoms. The zero-order valence-electron chi connectivity index (χ0n) is 8.00. The molecule has 19 heavy (non-hydrogen) atoms. The minimum absolute atomic E-state index is 0. The number of nitriles is 6. The summed E-state index contributed by atoms with van der Waals surface area (Å²) >= 11 is 0. The van der Waals surface area contributed by atoms with E-state index in [9.17, 15) is 0 Å². The van der Waals surface area contributed by atoms with Gasteiger partial charge >= 0.3 is 154 Å². The van der Waals surface area contributed by atoms with E-state index in [0.717, 1.165) is 0 Å². The maximum atomic E-state index is 6.50. The summed E-state index contributed by atoms with van der Waals surface area (Å²) in [5, 5.41) is 39.0. The fourth-order valence-corrected chi connectivity index (χ4v) is 0. The maximum absolute atomic E-state index is 6.50. The summed E-state index contributed by atoms with van der Waals surface area (Å²) < 4.78 is 0. The van der Waals surface area contributed by atoms with Gasteiger partial charge in [0.25, 0.3) is 0 Å². The second-order valence-corrected chi connectivity index (χ2v) is 0. The third kappa shape index (κ3) is 1330. The third-order valence-electron chi connectivity index (χ3n) is 0. The van der Waals surface area contributed by atoms with Crippen LogP contribution in [0.1, 0.15) is 0 Å². The van der Waals surface area contributed by atoms with Crippen molar-refractivity contribution in [1.29, 1.82) is 31.6 Å². The van der Waals surface area contributed by atoms with Gasteiger partial charge in [-0.05, 0) is 0 Å².